The van der Waals surface area contributed by atoms with Gasteiger partial charge in [-0.25, -0.2) is 0 Å². The Morgan fingerprint density at radius 2 is 1.88 bits per heavy atom. The molecule has 0 aliphatic rings. The van der Waals surface area contributed by atoms with Crippen molar-refractivity contribution in [3.05, 3.63) is 58.1 Å². The molecule has 0 aliphatic carbocycles. The van der Waals surface area contributed by atoms with E-state index in [0.29, 0.717) is 18.0 Å². The minimum Gasteiger partial charge on any atom is -0.338 e. The van der Waals surface area contributed by atoms with Gasteiger partial charge >= 0.3 is 6.18 Å². The molecule has 4 nitrogen and oxygen atoms in total. The monoisotopic (exact) mass is 353 g/mol. The molecule has 8 heteroatoms. The smallest absolute Gasteiger partial charge is 0.338 e. The molecule has 1 aromatic carbocycles. The van der Waals surface area contributed by atoms with E-state index in [9.17, 15) is 13.2 Å². The molecule has 2 aromatic heterocycles. The fourth-order valence-electron chi connectivity index (χ4n) is 2.23. The standard InChI is InChI=1S/C16H14F3N3OS/c1-22(8-11-6-7-24-10-11)9-14-20-15(21-23-14)12-2-4-13(5-3-12)16(17,18)19/h2-7,10H,8-9H2,1H3. The second-order valence-electron chi connectivity index (χ2n) is 5.39. The van der Waals surface area contributed by atoms with E-state index in [0.717, 1.165) is 18.7 Å². The Bertz CT molecular complexity index is 782. The Balaban J connectivity index is 1.66. The molecule has 0 N–H and O–H groups in total. The van der Waals surface area contributed by atoms with Gasteiger partial charge in [0.2, 0.25) is 11.7 Å². The molecule has 0 saturated carbocycles. The summed E-state index contributed by atoms with van der Waals surface area (Å²) < 4.78 is 42.9. The number of rotatable bonds is 5. The van der Waals surface area contributed by atoms with E-state index < -0.39 is 11.7 Å². The molecule has 0 amide bonds. The Morgan fingerprint density at radius 1 is 1.12 bits per heavy atom. The molecular formula is C16H14F3N3OS. The van der Waals surface area contributed by atoms with Crippen molar-refractivity contribution in [2.24, 2.45) is 0 Å². The molecule has 0 bridgehead atoms. The van der Waals surface area contributed by atoms with Crippen molar-refractivity contribution in [3.8, 4) is 11.4 Å². The van der Waals surface area contributed by atoms with Crippen LogP contribution in [0.1, 0.15) is 17.0 Å². The first-order valence-electron chi connectivity index (χ1n) is 7.11. The lowest BCUT2D eigenvalue weighted by Gasteiger charge is -2.12. The highest BCUT2D eigenvalue weighted by Crippen LogP contribution is 2.30. The molecule has 3 aromatic rings. The summed E-state index contributed by atoms with van der Waals surface area (Å²) in [6, 6.07) is 6.74. The first kappa shape index (κ1) is 16.7. The molecule has 2 heterocycles. The van der Waals surface area contributed by atoms with Gasteiger partial charge in [0.05, 0.1) is 12.1 Å². The van der Waals surface area contributed by atoms with Crippen LogP contribution in [0.5, 0.6) is 0 Å². The molecule has 24 heavy (non-hydrogen) atoms. The fourth-order valence-corrected chi connectivity index (χ4v) is 2.89. The van der Waals surface area contributed by atoms with Gasteiger partial charge in [-0.15, -0.1) is 0 Å². The maximum atomic E-state index is 12.6. The first-order valence-corrected chi connectivity index (χ1v) is 8.06. The zero-order chi connectivity index (χ0) is 17.2. The van der Waals surface area contributed by atoms with E-state index in [4.69, 9.17) is 4.52 Å². The van der Waals surface area contributed by atoms with Crippen molar-refractivity contribution in [2.45, 2.75) is 19.3 Å². The zero-order valence-corrected chi connectivity index (χ0v) is 13.6. The lowest BCUT2D eigenvalue weighted by atomic mass is 10.1. The second-order valence-corrected chi connectivity index (χ2v) is 6.17. The minimum absolute atomic E-state index is 0.280. The highest BCUT2D eigenvalue weighted by atomic mass is 32.1. The van der Waals surface area contributed by atoms with Crippen molar-refractivity contribution < 1.29 is 17.7 Å². The molecule has 3 rings (SSSR count). The van der Waals surface area contributed by atoms with Gasteiger partial charge in [0, 0.05) is 12.1 Å². The van der Waals surface area contributed by atoms with Gasteiger partial charge in [-0.2, -0.15) is 29.5 Å². The third-order valence-corrected chi connectivity index (χ3v) is 4.11. The van der Waals surface area contributed by atoms with Crippen LogP contribution in [0, 0.1) is 0 Å². The molecule has 0 saturated heterocycles. The summed E-state index contributed by atoms with van der Waals surface area (Å²) in [5.74, 6) is 0.699. The van der Waals surface area contributed by atoms with E-state index >= 15 is 0 Å². The summed E-state index contributed by atoms with van der Waals surface area (Å²) >= 11 is 1.63. The number of hydrogen-bond donors (Lipinski definition) is 0. The lowest BCUT2D eigenvalue weighted by Crippen LogP contribution is -2.17. The van der Waals surface area contributed by atoms with Crippen molar-refractivity contribution in [2.75, 3.05) is 7.05 Å². The van der Waals surface area contributed by atoms with Gasteiger partial charge in [0.1, 0.15) is 0 Å². The first-order chi connectivity index (χ1) is 11.4. The van der Waals surface area contributed by atoms with Gasteiger partial charge in [0.25, 0.3) is 0 Å². The van der Waals surface area contributed by atoms with Crippen molar-refractivity contribution in [1.29, 1.82) is 0 Å². The van der Waals surface area contributed by atoms with Crippen LogP contribution >= 0.6 is 11.3 Å². The van der Waals surface area contributed by atoms with E-state index in [1.54, 1.807) is 11.3 Å². The van der Waals surface area contributed by atoms with Gasteiger partial charge < -0.3 is 4.52 Å². The topological polar surface area (TPSA) is 42.2 Å². The summed E-state index contributed by atoms with van der Waals surface area (Å²) in [6.07, 6.45) is -4.36. The summed E-state index contributed by atoms with van der Waals surface area (Å²) in [6.45, 7) is 1.21. The average Bonchev–Trinajstić information content (AvgIpc) is 3.18. The highest BCUT2D eigenvalue weighted by molar-refractivity contribution is 7.07. The highest BCUT2D eigenvalue weighted by Gasteiger charge is 2.30. The summed E-state index contributed by atoms with van der Waals surface area (Å²) in [5, 5.41) is 7.92. The summed E-state index contributed by atoms with van der Waals surface area (Å²) in [4.78, 5) is 6.26. The largest absolute Gasteiger partial charge is 0.416 e. The maximum Gasteiger partial charge on any atom is 0.416 e. The maximum absolute atomic E-state index is 12.6. The van der Waals surface area contributed by atoms with Crippen LogP contribution in [-0.4, -0.2) is 22.1 Å². The second kappa shape index (κ2) is 6.74. The third kappa shape index (κ3) is 4.01. The Labute approximate surface area is 140 Å². The van der Waals surface area contributed by atoms with Crippen LogP contribution < -0.4 is 0 Å². The van der Waals surface area contributed by atoms with Gasteiger partial charge in [0.15, 0.2) is 0 Å². The Hall–Kier alpha value is -2.19. The minimum atomic E-state index is -4.36. The fraction of sp³-hybridized carbons (Fsp3) is 0.250. The quantitative estimate of drug-likeness (QED) is 0.680. The molecule has 0 atom stereocenters. The third-order valence-electron chi connectivity index (χ3n) is 3.38. The summed E-state index contributed by atoms with van der Waals surface area (Å²) in [7, 11) is 1.93. The van der Waals surface area contributed by atoms with Crippen molar-refractivity contribution in [1.82, 2.24) is 15.0 Å². The van der Waals surface area contributed by atoms with E-state index in [2.05, 4.69) is 15.5 Å². The van der Waals surface area contributed by atoms with E-state index in [1.807, 2.05) is 23.4 Å². The van der Waals surface area contributed by atoms with Gasteiger partial charge in [-0.05, 0) is 41.6 Å². The van der Waals surface area contributed by atoms with Crippen LogP contribution in [0.4, 0.5) is 13.2 Å². The number of thiophene rings is 1. The Morgan fingerprint density at radius 3 is 2.50 bits per heavy atom. The van der Waals surface area contributed by atoms with Crippen LogP contribution in [0.3, 0.4) is 0 Å². The molecule has 126 valence electrons. The number of alkyl halides is 3. The predicted molar refractivity (Wildman–Crippen MR) is 84.2 cm³/mol. The number of nitrogens with zero attached hydrogens (tertiary/aromatic N) is 3. The molecular weight excluding hydrogens is 339 g/mol. The van der Waals surface area contributed by atoms with E-state index in [1.165, 1.54) is 17.7 Å². The number of benzene rings is 1. The molecule has 0 aliphatic heterocycles. The normalized spacial score (nSPS) is 12.0. The van der Waals surface area contributed by atoms with Crippen molar-refractivity contribution in [3.63, 3.8) is 0 Å². The SMILES string of the molecule is CN(Cc1ccsc1)Cc1nc(-c2ccc(C(F)(F)F)cc2)no1. The molecule has 0 unspecified atom stereocenters. The number of aromatic nitrogens is 2. The number of hydrogen-bond acceptors (Lipinski definition) is 5. The van der Waals surface area contributed by atoms with Crippen LogP contribution in [0.15, 0.2) is 45.6 Å². The van der Waals surface area contributed by atoms with Crippen molar-refractivity contribution >= 4 is 11.3 Å². The van der Waals surface area contributed by atoms with Crippen LogP contribution in [-0.2, 0) is 19.3 Å². The average molecular weight is 353 g/mol. The predicted octanol–water partition coefficient (Wildman–Crippen LogP) is 4.45. The number of halogens is 3. The molecule has 0 spiro atoms. The Kier molecular flexibility index (Phi) is 4.68. The summed E-state index contributed by atoms with van der Waals surface area (Å²) in [5.41, 5.74) is 0.980. The van der Waals surface area contributed by atoms with Crippen LogP contribution in [0.25, 0.3) is 11.4 Å². The van der Waals surface area contributed by atoms with Gasteiger partial charge in [-0.3, -0.25) is 4.90 Å². The molecule has 0 radical (unpaired) electrons. The van der Waals surface area contributed by atoms with E-state index in [-0.39, 0.29) is 5.82 Å². The lowest BCUT2D eigenvalue weighted by molar-refractivity contribution is -0.137. The zero-order valence-electron chi connectivity index (χ0n) is 12.7. The molecule has 0 fully saturated rings. The van der Waals surface area contributed by atoms with Gasteiger partial charge in [-0.1, -0.05) is 17.3 Å². The van der Waals surface area contributed by atoms with Crippen LogP contribution in [0.2, 0.25) is 0 Å².